The van der Waals surface area contributed by atoms with Crippen molar-refractivity contribution in [1.82, 2.24) is 10.2 Å². The van der Waals surface area contributed by atoms with Crippen molar-refractivity contribution in [2.45, 2.75) is 0 Å². The largest absolute Gasteiger partial charge is 0.497 e. The SMILES string of the molecule is COc1cccc(N(C)C(=O)C(=O)N2CCNCC2)c1. The van der Waals surface area contributed by atoms with Gasteiger partial charge in [0.25, 0.3) is 0 Å². The molecule has 0 unspecified atom stereocenters. The molecule has 6 nitrogen and oxygen atoms in total. The third-order valence-electron chi connectivity index (χ3n) is 3.33. The van der Waals surface area contributed by atoms with Crippen LogP contribution in [0.25, 0.3) is 0 Å². The molecule has 0 aliphatic carbocycles. The fourth-order valence-corrected chi connectivity index (χ4v) is 2.08. The summed E-state index contributed by atoms with van der Waals surface area (Å²) in [5.74, 6) is -0.339. The molecule has 1 N–H and O–H groups in total. The van der Waals surface area contributed by atoms with E-state index >= 15 is 0 Å². The molecule has 1 saturated heterocycles. The van der Waals surface area contributed by atoms with Crippen LogP contribution in [0.1, 0.15) is 0 Å². The van der Waals surface area contributed by atoms with Crippen LogP contribution in [-0.2, 0) is 9.59 Å². The highest BCUT2D eigenvalue weighted by molar-refractivity contribution is 6.40. The van der Waals surface area contributed by atoms with Gasteiger partial charge in [0, 0.05) is 45.0 Å². The van der Waals surface area contributed by atoms with E-state index in [1.165, 1.54) is 4.90 Å². The van der Waals surface area contributed by atoms with Gasteiger partial charge < -0.3 is 19.9 Å². The number of carbonyl (C=O) groups excluding carboxylic acids is 2. The van der Waals surface area contributed by atoms with Gasteiger partial charge >= 0.3 is 11.8 Å². The van der Waals surface area contributed by atoms with E-state index < -0.39 is 11.8 Å². The van der Waals surface area contributed by atoms with Gasteiger partial charge in [0.2, 0.25) is 0 Å². The molecule has 2 rings (SSSR count). The summed E-state index contributed by atoms with van der Waals surface area (Å²) in [5.41, 5.74) is 0.637. The van der Waals surface area contributed by atoms with Crippen molar-refractivity contribution in [2.24, 2.45) is 0 Å². The molecular formula is C14H19N3O3. The molecule has 1 aromatic rings. The number of amides is 2. The lowest BCUT2D eigenvalue weighted by molar-refractivity contribution is -0.144. The number of nitrogens with one attached hydrogen (secondary N) is 1. The van der Waals surface area contributed by atoms with Gasteiger partial charge in [0.05, 0.1) is 7.11 Å². The molecule has 0 spiro atoms. The lowest BCUT2D eigenvalue weighted by Gasteiger charge is -2.28. The van der Waals surface area contributed by atoms with Crippen LogP contribution in [0.2, 0.25) is 0 Å². The van der Waals surface area contributed by atoms with Gasteiger partial charge in [-0.25, -0.2) is 0 Å². The molecule has 20 heavy (non-hydrogen) atoms. The highest BCUT2D eigenvalue weighted by Crippen LogP contribution is 2.20. The Balaban J connectivity index is 2.08. The van der Waals surface area contributed by atoms with Crippen molar-refractivity contribution in [3.05, 3.63) is 24.3 Å². The molecule has 1 aromatic carbocycles. The second-order valence-corrected chi connectivity index (χ2v) is 4.61. The minimum absolute atomic E-state index is 0.461. The lowest BCUT2D eigenvalue weighted by atomic mass is 10.2. The average Bonchev–Trinajstić information content (AvgIpc) is 2.53. The van der Waals surface area contributed by atoms with E-state index in [1.807, 2.05) is 0 Å². The Bertz CT molecular complexity index is 498. The topological polar surface area (TPSA) is 61.9 Å². The first-order chi connectivity index (χ1) is 9.63. The average molecular weight is 277 g/mol. The third kappa shape index (κ3) is 3.08. The summed E-state index contributed by atoms with van der Waals surface area (Å²) < 4.78 is 5.12. The normalized spacial score (nSPS) is 14.8. The van der Waals surface area contributed by atoms with Gasteiger partial charge in [-0.2, -0.15) is 0 Å². The monoisotopic (exact) mass is 277 g/mol. The fourth-order valence-electron chi connectivity index (χ4n) is 2.08. The molecule has 0 radical (unpaired) electrons. The van der Waals surface area contributed by atoms with Crippen LogP contribution in [-0.4, -0.2) is 57.1 Å². The van der Waals surface area contributed by atoms with Crippen LogP contribution in [0.4, 0.5) is 5.69 Å². The molecular weight excluding hydrogens is 258 g/mol. The van der Waals surface area contributed by atoms with E-state index in [-0.39, 0.29) is 0 Å². The van der Waals surface area contributed by atoms with Crippen molar-refractivity contribution >= 4 is 17.5 Å². The van der Waals surface area contributed by atoms with Crippen LogP contribution in [0.3, 0.4) is 0 Å². The molecule has 0 saturated carbocycles. The van der Waals surface area contributed by atoms with Crippen molar-refractivity contribution in [1.29, 1.82) is 0 Å². The maximum Gasteiger partial charge on any atom is 0.316 e. The van der Waals surface area contributed by atoms with Gasteiger partial charge in [-0.1, -0.05) is 6.07 Å². The van der Waals surface area contributed by atoms with Crippen LogP contribution in [0.5, 0.6) is 5.75 Å². The summed E-state index contributed by atoms with van der Waals surface area (Å²) in [7, 11) is 3.16. The molecule has 6 heteroatoms. The van der Waals surface area contributed by atoms with Crippen LogP contribution < -0.4 is 15.0 Å². The Morgan fingerprint density at radius 1 is 1.30 bits per heavy atom. The highest BCUT2D eigenvalue weighted by atomic mass is 16.5. The Morgan fingerprint density at radius 3 is 2.65 bits per heavy atom. The van der Waals surface area contributed by atoms with E-state index in [0.29, 0.717) is 24.5 Å². The molecule has 0 bridgehead atoms. The molecule has 108 valence electrons. The van der Waals surface area contributed by atoms with Gasteiger partial charge in [-0.05, 0) is 12.1 Å². The fraction of sp³-hybridized carbons (Fsp3) is 0.429. The molecule has 2 amide bonds. The highest BCUT2D eigenvalue weighted by Gasteiger charge is 2.26. The lowest BCUT2D eigenvalue weighted by Crippen LogP contribution is -2.51. The number of rotatable bonds is 2. The van der Waals surface area contributed by atoms with E-state index in [4.69, 9.17) is 4.74 Å². The number of hydrogen-bond acceptors (Lipinski definition) is 4. The second-order valence-electron chi connectivity index (χ2n) is 4.61. The van der Waals surface area contributed by atoms with Gasteiger partial charge in [0.1, 0.15) is 5.75 Å². The molecule has 1 fully saturated rings. The van der Waals surface area contributed by atoms with Crippen LogP contribution >= 0.6 is 0 Å². The summed E-state index contributed by atoms with van der Waals surface area (Å²) in [5, 5.41) is 3.15. The van der Waals surface area contributed by atoms with Gasteiger partial charge in [-0.3, -0.25) is 9.59 Å². The predicted octanol–water partition coefficient (Wildman–Crippen LogP) is 0.0898. The smallest absolute Gasteiger partial charge is 0.316 e. The third-order valence-corrected chi connectivity index (χ3v) is 3.33. The van der Waals surface area contributed by atoms with Crippen molar-refractivity contribution in [2.75, 3.05) is 45.2 Å². The minimum Gasteiger partial charge on any atom is -0.497 e. The summed E-state index contributed by atoms with van der Waals surface area (Å²) in [6, 6.07) is 7.07. The molecule has 1 heterocycles. The van der Waals surface area contributed by atoms with E-state index in [9.17, 15) is 9.59 Å². The zero-order valence-electron chi connectivity index (χ0n) is 11.8. The van der Waals surface area contributed by atoms with Crippen molar-refractivity contribution in [3.63, 3.8) is 0 Å². The summed E-state index contributed by atoms with van der Waals surface area (Å²) >= 11 is 0. The Kier molecular flexibility index (Phi) is 4.57. The van der Waals surface area contributed by atoms with E-state index in [0.717, 1.165) is 13.1 Å². The Labute approximate surface area is 118 Å². The van der Waals surface area contributed by atoms with Crippen LogP contribution in [0.15, 0.2) is 24.3 Å². The first-order valence-electron chi connectivity index (χ1n) is 6.55. The summed E-state index contributed by atoms with van der Waals surface area (Å²) in [6.45, 7) is 2.58. The number of ether oxygens (including phenoxy) is 1. The standard InChI is InChI=1S/C14H19N3O3/c1-16(11-4-3-5-12(10-11)20-2)13(18)14(19)17-8-6-15-7-9-17/h3-5,10,15H,6-9H2,1-2H3. The number of benzene rings is 1. The van der Waals surface area contributed by atoms with Crippen molar-refractivity contribution in [3.8, 4) is 5.75 Å². The second kappa shape index (κ2) is 6.38. The summed E-state index contributed by atoms with van der Waals surface area (Å²) in [4.78, 5) is 27.3. The maximum absolute atomic E-state index is 12.2. The van der Waals surface area contributed by atoms with Gasteiger partial charge in [0.15, 0.2) is 0 Å². The minimum atomic E-state index is -0.528. The quantitative estimate of drug-likeness (QED) is 0.778. The number of piperazine rings is 1. The zero-order chi connectivity index (χ0) is 14.5. The Morgan fingerprint density at radius 2 is 2.00 bits per heavy atom. The molecule has 1 aliphatic rings. The predicted molar refractivity (Wildman–Crippen MR) is 75.9 cm³/mol. The number of nitrogens with zero attached hydrogens (tertiary/aromatic N) is 2. The zero-order valence-corrected chi connectivity index (χ0v) is 11.8. The first kappa shape index (κ1) is 14.3. The first-order valence-corrected chi connectivity index (χ1v) is 6.55. The molecule has 1 aliphatic heterocycles. The van der Waals surface area contributed by atoms with Crippen molar-refractivity contribution < 1.29 is 14.3 Å². The maximum atomic E-state index is 12.2. The van der Waals surface area contributed by atoms with Crippen LogP contribution in [0, 0.1) is 0 Å². The number of likely N-dealkylation sites (N-methyl/N-ethyl adjacent to an activating group) is 1. The Hall–Kier alpha value is -2.08. The number of methoxy groups -OCH3 is 1. The number of hydrogen-bond donors (Lipinski definition) is 1. The number of carbonyl (C=O) groups is 2. The van der Waals surface area contributed by atoms with E-state index in [2.05, 4.69) is 5.32 Å². The van der Waals surface area contributed by atoms with E-state index in [1.54, 1.807) is 43.3 Å². The molecule has 0 aromatic heterocycles. The number of anilines is 1. The molecule has 0 atom stereocenters. The van der Waals surface area contributed by atoms with Gasteiger partial charge in [-0.15, -0.1) is 0 Å². The summed E-state index contributed by atoms with van der Waals surface area (Å²) in [6.07, 6.45) is 0.